The maximum absolute atomic E-state index is 13.9. The number of carbonyl (C=O) groups is 7. The second-order valence-electron chi connectivity index (χ2n) is 57.5. The fourth-order valence-electron chi connectivity index (χ4n) is 42.1. The van der Waals surface area contributed by atoms with Gasteiger partial charge in [0.2, 0.25) is 29.5 Å². The molecule has 32 nitrogen and oxygen atoms in total. The molecule has 0 aromatic rings. The van der Waals surface area contributed by atoms with E-state index in [4.69, 9.17) is 61.4 Å². The van der Waals surface area contributed by atoms with Gasteiger partial charge in [-0.2, -0.15) is 0 Å². The van der Waals surface area contributed by atoms with E-state index in [1.165, 1.54) is 32.1 Å². The second-order valence-corrected chi connectivity index (χ2v) is 57.5. The number of halogens is 2. The van der Waals surface area contributed by atoms with Gasteiger partial charge in [0.15, 0.2) is 0 Å². The minimum absolute atomic E-state index is 0. The van der Waals surface area contributed by atoms with Crippen molar-refractivity contribution in [2.75, 3.05) is 0 Å². The number of amides is 7. The first-order chi connectivity index (χ1) is 67.8. The highest BCUT2D eigenvalue weighted by Gasteiger charge is 2.73. The molecule has 0 radical (unpaired) electrons. The van der Waals surface area contributed by atoms with E-state index in [1.807, 2.05) is 24.5 Å². The van der Waals surface area contributed by atoms with Crippen LogP contribution in [0.25, 0.3) is 29.1 Å². The number of likely N-dealkylation sites (tertiary alicyclic amines) is 6. The van der Waals surface area contributed by atoms with Crippen molar-refractivity contribution in [1.82, 2.24) is 40.9 Å². The van der Waals surface area contributed by atoms with E-state index in [1.54, 1.807) is 25.7 Å². The minimum atomic E-state index is -0.742. The zero-order valence-electron chi connectivity index (χ0n) is 86.6. The first kappa shape index (κ1) is 106. The number of hydrogen-bond acceptors (Lipinski definition) is 18. The summed E-state index contributed by atoms with van der Waals surface area (Å²) in [6, 6.07) is -0.688. The molecule has 804 valence electrons. The Morgan fingerprint density at radius 3 is 0.721 bits per heavy atom. The summed E-state index contributed by atoms with van der Waals surface area (Å²) in [6.45, 7) is 49.8. The van der Waals surface area contributed by atoms with Crippen LogP contribution in [0.4, 0.5) is 4.79 Å². The van der Waals surface area contributed by atoms with Gasteiger partial charge in [-0.1, -0.05) is 0 Å². The molecule has 6 saturated heterocycles. The van der Waals surface area contributed by atoms with E-state index >= 15 is 0 Å². The highest BCUT2D eigenvalue weighted by atomic mass is 35.5. The molecule has 147 heavy (non-hydrogen) atoms. The minimum Gasteiger partial charge on any atom is -0.444 e. The lowest BCUT2D eigenvalue weighted by atomic mass is 9.46. The van der Waals surface area contributed by atoms with Gasteiger partial charge in [0.05, 0.1) is 51.7 Å². The number of hydrogen-bond donors (Lipinski definition) is 11. The first-order valence-electron chi connectivity index (χ1n) is 56.5. The Labute approximate surface area is 879 Å². The fraction of sp³-hybridized carbons (Fsp3) is 0.885. The van der Waals surface area contributed by atoms with Crippen molar-refractivity contribution in [2.45, 2.75) is 478 Å². The van der Waals surface area contributed by atoms with Crippen molar-refractivity contribution in [3.05, 3.63) is 68.5 Å². The zero-order chi connectivity index (χ0) is 99.6. The van der Waals surface area contributed by atoms with Crippen LogP contribution in [-0.4, -0.2) is 244 Å². The molecule has 0 aromatic heterocycles. The number of carbonyl (C=O) groups excluding carboxylic acids is 7. The van der Waals surface area contributed by atoms with E-state index in [0.717, 1.165) is 250 Å². The van der Waals surface area contributed by atoms with Crippen LogP contribution in [-0.2, 0) is 33.5 Å². The summed E-state index contributed by atoms with van der Waals surface area (Å²) in [6.07, 6.45) is 44.6. The summed E-state index contributed by atoms with van der Waals surface area (Å²) in [4.78, 5) is 125. The summed E-state index contributed by atoms with van der Waals surface area (Å²) >= 11 is 0. The van der Waals surface area contributed by atoms with E-state index in [-0.39, 0.29) is 154 Å². The number of ether oxygens (including phenoxy) is 1. The zero-order valence-corrected chi connectivity index (χ0v) is 88.2. The van der Waals surface area contributed by atoms with Gasteiger partial charge in [0.1, 0.15) is 11.6 Å². The molecule has 18 N–H and O–H groups in total. The lowest BCUT2D eigenvalue weighted by molar-refractivity contribution is -0.180. The van der Waals surface area contributed by atoms with Gasteiger partial charge < -0.3 is 69.5 Å². The lowest BCUT2D eigenvalue weighted by Crippen LogP contribution is -2.66. The molecule has 34 heteroatoms. The van der Waals surface area contributed by atoms with Gasteiger partial charge in [-0.05, 0) is 424 Å². The van der Waals surface area contributed by atoms with Crippen LogP contribution in [0.5, 0.6) is 0 Å². The second kappa shape index (κ2) is 36.4. The Bertz CT molecular complexity index is 5080. The predicted octanol–water partition coefficient (Wildman–Crippen LogP) is 12.9. The van der Waals surface area contributed by atoms with E-state index in [0.29, 0.717) is 157 Å². The molecule has 36 rings (SSSR count). The number of nitrogens with zero attached hydrogens (tertiary/aromatic N) is 12. The third-order valence-electron chi connectivity index (χ3n) is 44.9. The van der Waals surface area contributed by atoms with Gasteiger partial charge in [0, 0.05) is 93.0 Å². The molecule has 6 heterocycles. The molecule has 0 spiro atoms. The summed E-state index contributed by atoms with van der Waals surface area (Å²) in [5, 5.41) is 68.5. The Morgan fingerprint density at radius 1 is 0.306 bits per heavy atom. The molecule has 16 unspecified atom stereocenters. The van der Waals surface area contributed by atoms with Crippen molar-refractivity contribution in [3.8, 4) is 0 Å². The first-order valence-corrected chi connectivity index (χ1v) is 56.5. The van der Waals surface area contributed by atoms with Gasteiger partial charge in [-0.3, -0.25) is 87.2 Å². The SMILES string of the molecule is Cl.Cl.N.O.[C-]#[N+][C@@H]1C[C@@H]2C[C@@H]2N1C(=O)C(N)C12CC3CC(CC(O)(C3)C1)C2.[C-]#[N+][C@@H]1C[C@@H]2C[C@@H]2N1C(=O)C(N)C12CC3CC(CC(O)(C3)C1)C2.[C-]#[N+][C@@H]1C[C@@H]2C[C@@H]2N1C(=O)C(N)C12CC3CC(CC(O)(C3)C1)C2.[C-]#[N+][C@@H]1C[C@@H]2C[C@@H]2N1C(=O)C(NC(=O)OC(C)(C)C)C12CC3CC(CC(O)(C3)C1)C2.[C-]#[N+][C@@H]1C[C@@H]2C[C@@H]2N1C(=O)CC12CC3CC(CC(O)(C3)C1)C2.[C-]#[N+][C@@H]1C[C@@H]2C[C@@H]2N1C(=O)CC12CC3CC(CC(O)(C3)C1)C2. The van der Waals surface area contributed by atoms with Crippen molar-refractivity contribution in [3.63, 3.8) is 0 Å². The van der Waals surface area contributed by atoms with E-state index in [2.05, 4.69) is 34.4 Å². The smallest absolute Gasteiger partial charge is 0.408 e. The Morgan fingerprint density at radius 2 is 0.503 bits per heavy atom. The molecule has 36 aliphatic rings. The van der Waals surface area contributed by atoms with Crippen molar-refractivity contribution >= 4 is 66.4 Å². The van der Waals surface area contributed by atoms with Crippen LogP contribution in [0.3, 0.4) is 0 Å². The summed E-state index contributed by atoms with van der Waals surface area (Å²) < 4.78 is 5.52. The summed E-state index contributed by atoms with van der Waals surface area (Å²) in [5.41, 5.74) is 14.4. The Balaban J connectivity index is 0.000000103. The number of rotatable bonds is 13. The van der Waals surface area contributed by atoms with Crippen LogP contribution in [0.15, 0.2) is 0 Å². The number of nitrogens with one attached hydrogen (secondary N) is 1. The van der Waals surface area contributed by atoms with Gasteiger partial charge in [-0.15, -0.1) is 24.8 Å². The Kier molecular flexibility index (Phi) is 26.2. The van der Waals surface area contributed by atoms with Gasteiger partial charge in [-0.25, -0.2) is 44.2 Å². The van der Waals surface area contributed by atoms with Crippen LogP contribution in [0.2, 0.25) is 0 Å². The molecule has 6 aliphatic heterocycles. The molecule has 34 atom stereocenters. The van der Waals surface area contributed by atoms with Crippen molar-refractivity contribution in [2.24, 2.45) is 156 Å². The maximum Gasteiger partial charge on any atom is 0.408 e. The lowest BCUT2D eigenvalue weighted by Gasteiger charge is -2.62. The number of nitrogens with two attached hydrogens (primary N) is 3. The molecular weight excluding hydrogens is 1910 g/mol. The monoisotopic (exact) mass is 2070 g/mol. The predicted molar refractivity (Wildman–Crippen MR) is 544 cm³/mol. The molecule has 36 fully saturated rings. The van der Waals surface area contributed by atoms with Crippen LogP contribution in [0, 0.1) is 178 Å². The Hall–Kier alpha value is -6.83. The van der Waals surface area contributed by atoms with Crippen molar-refractivity contribution in [1.29, 1.82) is 0 Å². The number of aliphatic hydroxyl groups is 6. The number of fused-ring (bicyclic) bond motifs is 6. The molecular formula is C113H163Cl2N17O15. The van der Waals surface area contributed by atoms with Crippen LogP contribution < -0.4 is 28.7 Å². The van der Waals surface area contributed by atoms with Gasteiger partial charge in [0.25, 0.3) is 5.91 Å². The quantitative estimate of drug-likeness (QED) is 0.0763. The highest BCUT2D eigenvalue weighted by molar-refractivity contribution is 5.89. The van der Waals surface area contributed by atoms with Gasteiger partial charge >= 0.3 is 43.1 Å². The van der Waals surface area contributed by atoms with Crippen molar-refractivity contribution < 1.29 is 74.4 Å². The number of piperidine rings is 6. The average molecular weight is 2070 g/mol. The molecule has 30 aliphatic carbocycles. The standard InChI is InChI=1S/C23H33N3O4.3C18H25N3O2.2C18H24N2O2.2ClH.H3N.H2O/c1-21(2,3)30-20(28)25-18(19(27)26-16-6-15(16)7-17(26)24-4)22-8-13-5-14(9-22)11-23(29,10-13)12-22;3*1-20-14-4-12-3-13(12)21(14)16(22)15(19)17-5-10-2-11(6-17)8-18(23,7-10)9-17;2*1-19-15-4-13-3-14(13)20(15)16(21)9-17-5-11-2-12(6-17)8-18(22,7-11)10-17;;;;/h13-18,29H,5-12H2,1-3H3,(H,25,28);3*10-15,23H,2-9,19H2;2*11-15,22H,2-10H2;2*1H;1H3;1H2/t13?,14?,15-,16-,17-,18?,22?,23?;3*10?,11?,12-,13-,14-,15?,17?,18?;2*11?,12?,13-,14-,15-,17?,18?;;;;/m000000..../s1. The van der Waals surface area contributed by atoms with E-state index < -0.39 is 81.0 Å². The molecule has 24 bridgehead atoms. The highest BCUT2D eigenvalue weighted by Crippen LogP contribution is 2.72. The van der Waals surface area contributed by atoms with E-state index in [9.17, 15) is 64.2 Å². The average Bonchev–Trinajstić information content (AvgIpc) is 1.71. The summed E-state index contributed by atoms with van der Waals surface area (Å²) in [7, 11) is 0. The molecule has 7 amide bonds. The normalized spacial score (nSPS) is 50.5. The summed E-state index contributed by atoms with van der Waals surface area (Å²) in [5.74, 6) is 9.96. The third kappa shape index (κ3) is 18.5. The largest absolute Gasteiger partial charge is 0.444 e. The third-order valence-corrected chi connectivity index (χ3v) is 44.9. The topological polar surface area (TPSA) is 452 Å². The fourth-order valence-corrected chi connectivity index (χ4v) is 42.1. The van der Waals surface area contributed by atoms with Crippen LogP contribution >= 0.6 is 24.8 Å². The van der Waals surface area contributed by atoms with Crippen LogP contribution in [0.1, 0.15) is 342 Å². The number of alkyl carbamates (subject to hydrolysis) is 1. The molecule has 30 saturated carbocycles. The maximum atomic E-state index is 13.9. The molecule has 0 aromatic carbocycles.